The molecule has 0 aromatic heterocycles. The van der Waals surface area contributed by atoms with Gasteiger partial charge in [0.15, 0.2) is 13.1 Å². The lowest BCUT2D eigenvalue weighted by molar-refractivity contribution is -0.885. The summed E-state index contributed by atoms with van der Waals surface area (Å²) < 4.78 is 27.8. The molecule has 0 spiro atoms. The Morgan fingerprint density at radius 2 is 1.71 bits per heavy atom. The number of rotatable bonds is 4. The van der Waals surface area contributed by atoms with Crippen molar-refractivity contribution in [1.82, 2.24) is 14.5 Å². The summed E-state index contributed by atoms with van der Waals surface area (Å²) >= 11 is 0. The minimum atomic E-state index is -3.59. The highest BCUT2D eigenvalue weighted by Gasteiger charge is 2.33. The van der Waals surface area contributed by atoms with Gasteiger partial charge in [-0.05, 0) is 31.9 Å². The number of nitrogens with zero attached hydrogens (tertiary/aromatic N) is 2. The Bertz CT molecular complexity index is 853. The van der Waals surface area contributed by atoms with Crippen LogP contribution in [0.2, 0.25) is 0 Å². The average molecular weight is 410 g/mol. The van der Waals surface area contributed by atoms with Gasteiger partial charge in [-0.1, -0.05) is 17.7 Å². The Morgan fingerprint density at radius 1 is 1.11 bits per heavy atom. The fourth-order valence-corrected chi connectivity index (χ4v) is 5.95. The SMILES string of the molecule is Cc1cc(C)c(S(=O)(=O)N2CCN(C(=O)C[NH+]3CCNC(=O)C3)CC2)c(C)c1. The quantitative estimate of drug-likeness (QED) is 0.631. The summed E-state index contributed by atoms with van der Waals surface area (Å²) in [7, 11) is -3.59. The first kappa shape index (κ1) is 20.8. The van der Waals surface area contributed by atoms with Crippen LogP contribution in [0.3, 0.4) is 0 Å². The van der Waals surface area contributed by atoms with Gasteiger partial charge in [0, 0.05) is 26.2 Å². The van der Waals surface area contributed by atoms with Gasteiger partial charge in [0.25, 0.3) is 11.8 Å². The Hall–Kier alpha value is -1.97. The first-order valence-electron chi connectivity index (χ1n) is 9.64. The third kappa shape index (κ3) is 4.37. The van der Waals surface area contributed by atoms with E-state index >= 15 is 0 Å². The fraction of sp³-hybridized carbons (Fsp3) is 0.579. The van der Waals surface area contributed by atoms with Gasteiger partial charge in [-0.15, -0.1) is 0 Å². The van der Waals surface area contributed by atoms with Crippen molar-refractivity contribution in [1.29, 1.82) is 0 Å². The van der Waals surface area contributed by atoms with Gasteiger partial charge < -0.3 is 15.1 Å². The number of carbonyl (C=O) groups is 2. The zero-order valence-electron chi connectivity index (χ0n) is 16.7. The molecule has 1 aromatic carbocycles. The van der Waals surface area contributed by atoms with Crippen molar-refractivity contribution in [2.75, 3.05) is 52.4 Å². The predicted octanol–water partition coefficient (Wildman–Crippen LogP) is -1.54. The maximum atomic E-state index is 13.1. The van der Waals surface area contributed by atoms with Gasteiger partial charge in [-0.25, -0.2) is 8.42 Å². The summed E-state index contributed by atoms with van der Waals surface area (Å²) in [5.41, 5.74) is 2.55. The second-order valence-electron chi connectivity index (χ2n) is 7.72. The molecule has 9 heteroatoms. The zero-order chi connectivity index (χ0) is 20.5. The number of amides is 2. The third-order valence-corrected chi connectivity index (χ3v) is 7.61. The van der Waals surface area contributed by atoms with Gasteiger partial charge in [0.05, 0.1) is 18.0 Å². The largest absolute Gasteiger partial charge is 0.346 e. The number of carbonyl (C=O) groups excluding carboxylic acids is 2. The molecule has 154 valence electrons. The molecule has 2 aliphatic heterocycles. The van der Waals surface area contributed by atoms with E-state index in [-0.39, 0.29) is 31.4 Å². The second kappa shape index (κ2) is 8.18. The van der Waals surface area contributed by atoms with Crippen LogP contribution in [-0.4, -0.2) is 81.8 Å². The highest BCUT2D eigenvalue weighted by molar-refractivity contribution is 7.89. The molecular weight excluding hydrogens is 380 g/mol. The zero-order valence-corrected chi connectivity index (χ0v) is 17.6. The molecular formula is C19H29N4O4S+. The number of quaternary nitrogens is 1. The molecule has 1 aromatic rings. The van der Waals surface area contributed by atoms with Gasteiger partial charge in [0.1, 0.15) is 0 Å². The van der Waals surface area contributed by atoms with E-state index in [0.29, 0.717) is 31.1 Å². The maximum absolute atomic E-state index is 13.1. The molecule has 0 radical (unpaired) electrons. The Labute approximate surface area is 166 Å². The van der Waals surface area contributed by atoms with Crippen molar-refractivity contribution in [2.45, 2.75) is 25.7 Å². The lowest BCUT2D eigenvalue weighted by atomic mass is 10.1. The normalized spacial score (nSPS) is 21.5. The van der Waals surface area contributed by atoms with Crippen molar-refractivity contribution in [3.63, 3.8) is 0 Å². The molecule has 1 atom stereocenters. The van der Waals surface area contributed by atoms with Crippen LogP contribution in [0.15, 0.2) is 17.0 Å². The van der Waals surface area contributed by atoms with Crippen LogP contribution in [0.1, 0.15) is 16.7 Å². The number of piperazine rings is 2. The van der Waals surface area contributed by atoms with Gasteiger partial charge in [-0.2, -0.15) is 4.31 Å². The summed E-state index contributed by atoms with van der Waals surface area (Å²) in [6.07, 6.45) is 0. The van der Waals surface area contributed by atoms with E-state index in [1.165, 1.54) is 4.31 Å². The smallest absolute Gasteiger partial charge is 0.277 e. The molecule has 28 heavy (non-hydrogen) atoms. The molecule has 0 saturated carbocycles. The topological polar surface area (TPSA) is 91.2 Å². The molecule has 2 aliphatic rings. The minimum absolute atomic E-state index is 0.0237. The lowest BCUT2D eigenvalue weighted by Gasteiger charge is -2.35. The van der Waals surface area contributed by atoms with E-state index in [4.69, 9.17) is 0 Å². The molecule has 0 aliphatic carbocycles. The monoisotopic (exact) mass is 409 g/mol. The van der Waals surface area contributed by atoms with Crippen LogP contribution in [0.25, 0.3) is 0 Å². The van der Waals surface area contributed by atoms with Crippen molar-refractivity contribution in [3.05, 3.63) is 28.8 Å². The molecule has 0 bridgehead atoms. The number of nitrogens with one attached hydrogen (secondary N) is 2. The lowest BCUT2D eigenvalue weighted by Crippen LogP contribution is -3.16. The van der Waals surface area contributed by atoms with Crippen LogP contribution in [-0.2, 0) is 19.6 Å². The highest BCUT2D eigenvalue weighted by atomic mass is 32.2. The van der Waals surface area contributed by atoms with E-state index in [0.717, 1.165) is 28.1 Å². The predicted molar refractivity (Wildman–Crippen MR) is 105 cm³/mol. The molecule has 2 heterocycles. The highest BCUT2D eigenvalue weighted by Crippen LogP contribution is 2.26. The van der Waals surface area contributed by atoms with Crippen LogP contribution < -0.4 is 10.2 Å². The molecule has 1 unspecified atom stereocenters. The standard InChI is InChI=1S/C19H28N4O4S/c1-14-10-15(2)19(16(3)11-14)28(26,27)23-8-6-22(7-9-23)18(25)13-21-5-4-20-17(24)12-21/h10-11H,4-9,12-13H2,1-3H3,(H,20,24)/p+1. The van der Waals surface area contributed by atoms with Gasteiger partial charge in [-0.3, -0.25) is 9.59 Å². The number of hydrogen-bond donors (Lipinski definition) is 2. The third-order valence-electron chi connectivity index (χ3n) is 5.41. The van der Waals surface area contributed by atoms with Crippen molar-refractivity contribution < 1.29 is 22.9 Å². The molecule has 3 rings (SSSR count). The fourth-order valence-electron chi connectivity index (χ4n) is 4.11. The summed E-state index contributed by atoms with van der Waals surface area (Å²) in [5.74, 6) is -0.0572. The summed E-state index contributed by atoms with van der Waals surface area (Å²) in [6.45, 7) is 8.84. The Kier molecular flexibility index (Phi) is 6.07. The summed E-state index contributed by atoms with van der Waals surface area (Å²) in [4.78, 5) is 27.1. The van der Waals surface area contributed by atoms with Crippen LogP contribution in [0.5, 0.6) is 0 Å². The number of sulfonamides is 1. The number of aryl methyl sites for hydroxylation is 3. The molecule has 2 fully saturated rings. The average Bonchev–Trinajstić information content (AvgIpc) is 2.60. The Balaban J connectivity index is 1.63. The second-order valence-corrected chi connectivity index (χ2v) is 9.59. The molecule has 2 amide bonds. The van der Waals surface area contributed by atoms with E-state index < -0.39 is 10.0 Å². The summed E-state index contributed by atoms with van der Waals surface area (Å²) in [5, 5.41) is 2.76. The van der Waals surface area contributed by atoms with Crippen molar-refractivity contribution in [2.24, 2.45) is 0 Å². The number of hydrogen-bond acceptors (Lipinski definition) is 4. The maximum Gasteiger partial charge on any atom is 0.277 e. The minimum Gasteiger partial charge on any atom is -0.346 e. The molecule has 8 nitrogen and oxygen atoms in total. The van der Waals surface area contributed by atoms with Crippen LogP contribution in [0.4, 0.5) is 0 Å². The van der Waals surface area contributed by atoms with E-state index in [1.807, 2.05) is 32.9 Å². The Morgan fingerprint density at radius 3 is 2.29 bits per heavy atom. The molecule has 2 saturated heterocycles. The van der Waals surface area contributed by atoms with Crippen molar-refractivity contribution >= 4 is 21.8 Å². The van der Waals surface area contributed by atoms with E-state index in [1.54, 1.807) is 4.90 Å². The van der Waals surface area contributed by atoms with E-state index in [9.17, 15) is 18.0 Å². The van der Waals surface area contributed by atoms with Gasteiger partial charge in [0.2, 0.25) is 10.0 Å². The van der Waals surface area contributed by atoms with Crippen LogP contribution >= 0.6 is 0 Å². The van der Waals surface area contributed by atoms with E-state index in [2.05, 4.69) is 5.32 Å². The molecule has 2 N–H and O–H groups in total. The van der Waals surface area contributed by atoms with Crippen molar-refractivity contribution in [3.8, 4) is 0 Å². The number of benzene rings is 1. The summed E-state index contributed by atoms with van der Waals surface area (Å²) in [6, 6.07) is 3.77. The van der Waals surface area contributed by atoms with Crippen LogP contribution in [0, 0.1) is 20.8 Å². The first-order valence-corrected chi connectivity index (χ1v) is 11.1. The first-order chi connectivity index (χ1) is 13.2. The van der Waals surface area contributed by atoms with Gasteiger partial charge >= 0.3 is 0 Å².